The number of H-pyrrole nitrogens is 1. The second kappa shape index (κ2) is 4.51. The van der Waals surface area contributed by atoms with E-state index in [1.807, 2.05) is 11.8 Å². The first kappa shape index (κ1) is 10.2. The first-order chi connectivity index (χ1) is 7.92. The van der Waals surface area contributed by atoms with E-state index < -0.39 is 0 Å². The predicted molar refractivity (Wildman–Crippen MR) is 66.9 cm³/mol. The standard InChI is InChI=1S/C11H11N3S2/c1-2-4-10-8(3-1)5-9(16-10)6-15-11-12-7-13-14-11/h1-4,7,9H,5-6H2,(H,12,13,14). The van der Waals surface area contributed by atoms with Crippen molar-refractivity contribution in [2.45, 2.75) is 21.7 Å². The molecule has 1 aliphatic rings. The Hall–Kier alpha value is -0.940. The summed E-state index contributed by atoms with van der Waals surface area (Å²) in [5.41, 5.74) is 1.48. The number of aromatic amines is 1. The Bertz CT molecular complexity index is 445. The molecule has 0 saturated carbocycles. The molecule has 1 aromatic carbocycles. The number of hydrogen-bond acceptors (Lipinski definition) is 4. The highest BCUT2D eigenvalue weighted by molar-refractivity contribution is 8.03. The molecule has 1 atom stereocenters. The molecule has 5 heteroatoms. The largest absolute Gasteiger partial charge is 0.254 e. The molecule has 1 unspecified atom stereocenters. The van der Waals surface area contributed by atoms with Crippen LogP contribution in [-0.4, -0.2) is 26.2 Å². The van der Waals surface area contributed by atoms with Gasteiger partial charge in [0.25, 0.3) is 0 Å². The Labute approximate surface area is 102 Å². The topological polar surface area (TPSA) is 41.6 Å². The lowest BCUT2D eigenvalue weighted by Gasteiger charge is -2.05. The summed E-state index contributed by atoms with van der Waals surface area (Å²) in [6.45, 7) is 0. The van der Waals surface area contributed by atoms with Crippen molar-refractivity contribution in [2.75, 3.05) is 5.75 Å². The molecule has 0 amide bonds. The van der Waals surface area contributed by atoms with Gasteiger partial charge in [0.05, 0.1) is 0 Å². The number of nitrogens with zero attached hydrogens (tertiary/aromatic N) is 2. The second-order valence-electron chi connectivity index (χ2n) is 3.65. The van der Waals surface area contributed by atoms with Gasteiger partial charge in [-0.25, -0.2) is 4.98 Å². The summed E-state index contributed by atoms with van der Waals surface area (Å²) in [6, 6.07) is 8.66. The van der Waals surface area contributed by atoms with Crippen LogP contribution in [0.4, 0.5) is 0 Å². The van der Waals surface area contributed by atoms with Gasteiger partial charge in [-0.2, -0.15) is 5.10 Å². The number of fused-ring (bicyclic) bond motifs is 1. The molecular weight excluding hydrogens is 238 g/mol. The summed E-state index contributed by atoms with van der Waals surface area (Å²) in [7, 11) is 0. The number of benzene rings is 1. The molecule has 2 aromatic rings. The summed E-state index contributed by atoms with van der Waals surface area (Å²) in [5, 5.41) is 8.29. The molecule has 3 rings (SSSR count). The molecule has 1 N–H and O–H groups in total. The lowest BCUT2D eigenvalue weighted by atomic mass is 10.1. The zero-order valence-electron chi connectivity index (χ0n) is 8.59. The Balaban J connectivity index is 1.60. The van der Waals surface area contributed by atoms with E-state index in [1.54, 1.807) is 18.1 Å². The number of hydrogen-bond donors (Lipinski definition) is 1. The third kappa shape index (κ3) is 2.10. The minimum Gasteiger partial charge on any atom is -0.254 e. The minimum atomic E-state index is 0.660. The summed E-state index contributed by atoms with van der Waals surface area (Å²) < 4.78 is 0. The number of aromatic nitrogens is 3. The predicted octanol–water partition coefficient (Wildman–Crippen LogP) is 2.61. The second-order valence-corrected chi connectivity index (χ2v) is 6.00. The van der Waals surface area contributed by atoms with Crippen molar-refractivity contribution < 1.29 is 0 Å². The molecule has 2 heterocycles. The van der Waals surface area contributed by atoms with Crippen molar-refractivity contribution in [3.05, 3.63) is 36.2 Å². The van der Waals surface area contributed by atoms with Crippen molar-refractivity contribution in [2.24, 2.45) is 0 Å². The van der Waals surface area contributed by atoms with Crippen molar-refractivity contribution in [3.63, 3.8) is 0 Å². The van der Waals surface area contributed by atoms with Crippen LogP contribution in [0.2, 0.25) is 0 Å². The molecule has 0 spiro atoms. The van der Waals surface area contributed by atoms with Crippen LogP contribution in [0.1, 0.15) is 5.56 Å². The Morgan fingerprint density at radius 1 is 1.44 bits per heavy atom. The Morgan fingerprint density at radius 2 is 2.38 bits per heavy atom. The highest BCUT2D eigenvalue weighted by atomic mass is 32.2. The van der Waals surface area contributed by atoms with Crippen molar-refractivity contribution in [1.82, 2.24) is 15.2 Å². The first-order valence-corrected chi connectivity index (χ1v) is 7.01. The molecule has 0 radical (unpaired) electrons. The van der Waals surface area contributed by atoms with E-state index in [2.05, 4.69) is 39.4 Å². The Morgan fingerprint density at radius 3 is 3.19 bits per heavy atom. The van der Waals surface area contributed by atoms with Crippen LogP contribution >= 0.6 is 23.5 Å². The Kier molecular flexibility index (Phi) is 2.88. The fourth-order valence-electron chi connectivity index (χ4n) is 1.78. The van der Waals surface area contributed by atoms with E-state index in [4.69, 9.17) is 0 Å². The SMILES string of the molecule is c1ccc2c(c1)CC(CSc1ncn[nH]1)S2. The van der Waals surface area contributed by atoms with Crippen LogP contribution in [0.25, 0.3) is 0 Å². The molecular formula is C11H11N3S2. The lowest BCUT2D eigenvalue weighted by molar-refractivity contribution is 0.947. The highest BCUT2D eigenvalue weighted by Crippen LogP contribution is 2.38. The van der Waals surface area contributed by atoms with E-state index in [1.165, 1.54) is 16.9 Å². The zero-order chi connectivity index (χ0) is 10.8. The van der Waals surface area contributed by atoms with E-state index in [0.29, 0.717) is 5.25 Å². The quantitative estimate of drug-likeness (QED) is 0.849. The van der Waals surface area contributed by atoms with Gasteiger partial charge in [-0.05, 0) is 18.1 Å². The number of rotatable bonds is 3. The molecule has 1 aromatic heterocycles. The van der Waals surface area contributed by atoms with Gasteiger partial charge < -0.3 is 0 Å². The molecule has 82 valence electrons. The molecule has 1 aliphatic heterocycles. The fourth-order valence-corrected chi connectivity index (χ4v) is 4.04. The van der Waals surface area contributed by atoms with Gasteiger partial charge in [-0.1, -0.05) is 30.0 Å². The van der Waals surface area contributed by atoms with Crippen LogP contribution < -0.4 is 0 Å². The van der Waals surface area contributed by atoms with Gasteiger partial charge in [-0.15, -0.1) is 11.8 Å². The van der Waals surface area contributed by atoms with E-state index >= 15 is 0 Å². The van der Waals surface area contributed by atoms with Crippen LogP contribution in [-0.2, 0) is 6.42 Å². The first-order valence-electron chi connectivity index (χ1n) is 5.14. The zero-order valence-corrected chi connectivity index (χ0v) is 10.2. The van der Waals surface area contributed by atoms with Crippen LogP contribution in [0.5, 0.6) is 0 Å². The minimum absolute atomic E-state index is 0.660. The van der Waals surface area contributed by atoms with Crippen molar-refractivity contribution in [3.8, 4) is 0 Å². The third-order valence-corrected chi connectivity index (χ3v) is 5.08. The van der Waals surface area contributed by atoms with Gasteiger partial charge in [0.1, 0.15) is 6.33 Å². The monoisotopic (exact) mass is 249 g/mol. The number of thioether (sulfide) groups is 2. The van der Waals surface area contributed by atoms with E-state index in [0.717, 1.165) is 10.9 Å². The summed E-state index contributed by atoms with van der Waals surface area (Å²) in [4.78, 5) is 5.55. The maximum Gasteiger partial charge on any atom is 0.183 e. The lowest BCUT2D eigenvalue weighted by Crippen LogP contribution is -2.04. The van der Waals surface area contributed by atoms with Crippen LogP contribution in [0.3, 0.4) is 0 Å². The molecule has 16 heavy (non-hydrogen) atoms. The molecule has 0 bridgehead atoms. The van der Waals surface area contributed by atoms with Crippen LogP contribution in [0.15, 0.2) is 40.6 Å². The van der Waals surface area contributed by atoms with Gasteiger partial charge in [0, 0.05) is 15.9 Å². The van der Waals surface area contributed by atoms with Gasteiger partial charge in [-0.3, -0.25) is 5.10 Å². The summed E-state index contributed by atoms with van der Waals surface area (Å²) in [5.74, 6) is 1.08. The summed E-state index contributed by atoms with van der Waals surface area (Å²) >= 11 is 3.72. The normalized spacial score (nSPS) is 18.6. The van der Waals surface area contributed by atoms with Crippen LogP contribution in [0, 0.1) is 0 Å². The third-order valence-electron chi connectivity index (χ3n) is 2.51. The smallest absolute Gasteiger partial charge is 0.183 e. The maximum absolute atomic E-state index is 4.11. The fraction of sp³-hybridized carbons (Fsp3) is 0.273. The average Bonchev–Trinajstić information content (AvgIpc) is 2.95. The van der Waals surface area contributed by atoms with Crippen molar-refractivity contribution >= 4 is 23.5 Å². The average molecular weight is 249 g/mol. The van der Waals surface area contributed by atoms with Crippen molar-refractivity contribution in [1.29, 1.82) is 0 Å². The molecule has 0 fully saturated rings. The molecule has 0 aliphatic carbocycles. The highest BCUT2D eigenvalue weighted by Gasteiger charge is 2.21. The number of nitrogens with one attached hydrogen (secondary N) is 1. The molecule has 0 saturated heterocycles. The van der Waals surface area contributed by atoms with Gasteiger partial charge in [0.2, 0.25) is 0 Å². The van der Waals surface area contributed by atoms with E-state index in [-0.39, 0.29) is 0 Å². The molecule has 3 nitrogen and oxygen atoms in total. The van der Waals surface area contributed by atoms with E-state index in [9.17, 15) is 0 Å². The maximum atomic E-state index is 4.11. The van der Waals surface area contributed by atoms with Gasteiger partial charge in [0.15, 0.2) is 5.16 Å². The van der Waals surface area contributed by atoms with Gasteiger partial charge >= 0.3 is 0 Å². The summed E-state index contributed by atoms with van der Waals surface area (Å²) in [6.07, 6.45) is 2.72.